The largest absolute Gasteiger partial charge is 0.393 e. The number of hydrogen-bond donors (Lipinski definition) is 1. The van der Waals surface area contributed by atoms with E-state index in [9.17, 15) is 9.90 Å². The first-order valence-corrected chi connectivity index (χ1v) is 4.27. The zero-order chi connectivity index (χ0) is 9.72. The smallest absolute Gasteiger partial charge is 0.135 e. The van der Waals surface area contributed by atoms with Gasteiger partial charge in [-0.1, -0.05) is 11.6 Å². The lowest BCUT2D eigenvalue weighted by Gasteiger charge is -2.14. The van der Waals surface area contributed by atoms with E-state index in [1.807, 2.05) is 19.9 Å². The van der Waals surface area contributed by atoms with Gasteiger partial charge in [-0.25, -0.2) is 0 Å². The van der Waals surface area contributed by atoms with Gasteiger partial charge >= 0.3 is 0 Å². The van der Waals surface area contributed by atoms with Crippen molar-refractivity contribution in [2.24, 2.45) is 5.92 Å². The van der Waals surface area contributed by atoms with Crippen molar-refractivity contribution in [2.45, 2.75) is 40.2 Å². The normalized spacial score (nSPS) is 15.1. The van der Waals surface area contributed by atoms with Gasteiger partial charge in [0.1, 0.15) is 5.78 Å². The summed E-state index contributed by atoms with van der Waals surface area (Å²) >= 11 is 0. The zero-order valence-corrected chi connectivity index (χ0v) is 8.29. The van der Waals surface area contributed by atoms with Crippen LogP contribution >= 0.6 is 0 Å². The fraction of sp³-hybridized carbons (Fsp3) is 0.700. The lowest BCUT2D eigenvalue weighted by atomic mass is 9.95. The molecule has 0 unspecified atom stereocenters. The maximum Gasteiger partial charge on any atom is 0.135 e. The highest BCUT2D eigenvalue weighted by Gasteiger charge is 2.17. The first-order valence-electron chi connectivity index (χ1n) is 4.27. The maximum absolute atomic E-state index is 11.0. The van der Waals surface area contributed by atoms with E-state index in [1.165, 1.54) is 12.5 Å². The van der Waals surface area contributed by atoms with Crippen molar-refractivity contribution in [3.63, 3.8) is 0 Å². The molecule has 12 heavy (non-hydrogen) atoms. The molecule has 0 bridgehead atoms. The van der Waals surface area contributed by atoms with Crippen LogP contribution in [-0.2, 0) is 4.79 Å². The van der Waals surface area contributed by atoms with Gasteiger partial charge in [-0.05, 0) is 34.1 Å². The van der Waals surface area contributed by atoms with Crippen LogP contribution in [0.25, 0.3) is 0 Å². The number of allylic oxidation sites excluding steroid dienone is 2. The van der Waals surface area contributed by atoms with Crippen LogP contribution in [0.1, 0.15) is 34.1 Å². The molecule has 0 amide bonds. The molecule has 0 aromatic rings. The molecule has 0 spiro atoms. The minimum Gasteiger partial charge on any atom is -0.393 e. The van der Waals surface area contributed by atoms with Crippen LogP contribution < -0.4 is 0 Å². The molecule has 2 atom stereocenters. The van der Waals surface area contributed by atoms with Crippen molar-refractivity contribution >= 4 is 5.78 Å². The van der Waals surface area contributed by atoms with E-state index in [1.54, 1.807) is 6.92 Å². The number of Topliss-reactive ketones (excluding diaryl/α,β-unsaturated/α-hetero) is 1. The molecule has 0 aromatic carbocycles. The molecule has 0 aliphatic rings. The van der Waals surface area contributed by atoms with E-state index in [0.29, 0.717) is 6.42 Å². The molecular weight excluding hydrogens is 152 g/mol. The Labute approximate surface area is 74.3 Å². The van der Waals surface area contributed by atoms with Gasteiger partial charge in [0.05, 0.1) is 6.10 Å². The molecule has 0 aliphatic carbocycles. The number of carbonyl (C=O) groups is 1. The van der Waals surface area contributed by atoms with Crippen molar-refractivity contribution in [2.75, 3.05) is 0 Å². The lowest BCUT2D eigenvalue weighted by Crippen LogP contribution is -2.23. The molecule has 70 valence electrons. The third kappa shape index (κ3) is 4.29. The van der Waals surface area contributed by atoms with Crippen LogP contribution in [-0.4, -0.2) is 17.0 Å². The number of rotatable bonds is 4. The third-order valence-corrected chi connectivity index (χ3v) is 1.88. The van der Waals surface area contributed by atoms with Gasteiger partial charge in [0.15, 0.2) is 0 Å². The van der Waals surface area contributed by atoms with Crippen LogP contribution in [0.5, 0.6) is 0 Å². The molecule has 2 heteroatoms. The van der Waals surface area contributed by atoms with Crippen LogP contribution in [0.15, 0.2) is 11.6 Å². The Morgan fingerprint density at radius 3 is 2.17 bits per heavy atom. The quantitative estimate of drug-likeness (QED) is 0.654. The van der Waals surface area contributed by atoms with E-state index >= 15 is 0 Å². The van der Waals surface area contributed by atoms with Crippen LogP contribution in [0, 0.1) is 5.92 Å². The summed E-state index contributed by atoms with van der Waals surface area (Å²) in [5.41, 5.74) is 1.18. The molecular formula is C10H18O2. The third-order valence-electron chi connectivity index (χ3n) is 1.88. The first kappa shape index (κ1) is 11.4. The Hall–Kier alpha value is -0.630. The van der Waals surface area contributed by atoms with Crippen LogP contribution in [0.4, 0.5) is 0 Å². The SMILES string of the molecule is CC(=O)[C@@H](CC=C(C)C)[C@@H](C)O. The van der Waals surface area contributed by atoms with E-state index in [4.69, 9.17) is 0 Å². The Morgan fingerprint density at radius 1 is 1.42 bits per heavy atom. The number of aliphatic hydroxyl groups is 1. The molecule has 0 heterocycles. The summed E-state index contributed by atoms with van der Waals surface area (Å²) in [4.78, 5) is 11.0. The molecule has 0 radical (unpaired) electrons. The Morgan fingerprint density at radius 2 is 1.92 bits per heavy atom. The van der Waals surface area contributed by atoms with Crippen LogP contribution in [0.2, 0.25) is 0 Å². The van der Waals surface area contributed by atoms with Crippen molar-refractivity contribution in [1.29, 1.82) is 0 Å². The van der Waals surface area contributed by atoms with Gasteiger partial charge in [0.2, 0.25) is 0 Å². The minimum atomic E-state index is -0.543. The lowest BCUT2D eigenvalue weighted by molar-refractivity contribution is -0.123. The summed E-state index contributed by atoms with van der Waals surface area (Å²) < 4.78 is 0. The summed E-state index contributed by atoms with van der Waals surface area (Å²) in [6.45, 7) is 7.15. The predicted molar refractivity (Wildman–Crippen MR) is 49.9 cm³/mol. The second kappa shape index (κ2) is 5.09. The number of ketones is 1. The second-order valence-electron chi connectivity index (χ2n) is 3.47. The van der Waals surface area contributed by atoms with Gasteiger partial charge in [-0.3, -0.25) is 4.79 Å². The Kier molecular flexibility index (Phi) is 4.83. The highest BCUT2D eigenvalue weighted by Crippen LogP contribution is 2.12. The molecule has 0 rings (SSSR count). The van der Waals surface area contributed by atoms with E-state index in [-0.39, 0.29) is 11.7 Å². The minimum absolute atomic E-state index is 0.0579. The van der Waals surface area contributed by atoms with Gasteiger partial charge in [-0.15, -0.1) is 0 Å². The summed E-state index contributed by atoms with van der Waals surface area (Å²) in [6.07, 6.45) is 2.09. The highest BCUT2D eigenvalue weighted by molar-refractivity contribution is 5.78. The van der Waals surface area contributed by atoms with Gasteiger partial charge < -0.3 is 5.11 Å². The second-order valence-corrected chi connectivity index (χ2v) is 3.47. The van der Waals surface area contributed by atoms with Crippen molar-refractivity contribution in [3.05, 3.63) is 11.6 Å². The standard InChI is InChI=1S/C10H18O2/c1-7(2)5-6-10(8(3)11)9(4)12/h5,8,10-11H,6H2,1-4H3/t8-,10+/m1/s1. The average Bonchev–Trinajstić information content (AvgIpc) is 1.84. The fourth-order valence-electron chi connectivity index (χ4n) is 1.07. The molecule has 1 N–H and O–H groups in total. The van der Waals surface area contributed by atoms with Crippen molar-refractivity contribution in [1.82, 2.24) is 0 Å². The number of carbonyl (C=O) groups excluding carboxylic acids is 1. The topological polar surface area (TPSA) is 37.3 Å². The first-order chi connectivity index (χ1) is 5.45. The molecule has 0 saturated carbocycles. The monoisotopic (exact) mass is 170 g/mol. The Bertz CT molecular complexity index is 176. The van der Waals surface area contributed by atoms with Crippen molar-refractivity contribution in [3.8, 4) is 0 Å². The van der Waals surface area contributed by atoms with E-state index < -0.39 is 6.10 Å². The van der Waals surface area contributed by atoms with Crippen molar-refractivity contribution < 1.29 is 9.90 Å². The fourth-order valence-corrected chi connectivity index (χ4v) is 1.07. The summed E-state index contributed by atoms with van der Waals surface area (Å²) in [5, 5.41) is 9.25. The van der Waals surface area contributed by atoms with Crippen LogP contribution in [0.3, 0.4) is 0 Å². The Balaban J connectivity index is 4.15. The number of hydrogen-bond acceptors (Lipinski definition) is 2. The summed E-state index contributed by atoms with van der Waals surface area (Å²) in [6, 6.07) is 0. The average molecular weight is 170 g/mol. The molecule has 0 aliphatic heterocycles. The molecule has 2 nitrogen and oxygen atoms in total. The number of aliphatic hydroxyl groups excluding tert-OH is 1. The summed E-state index contributed by atoms with van der Waals surface area (Å²) in [5.74, 6) is -0.178. The summed E-state index contributed by atoms with van der Waals surface area (Å²) in [7, 11) is 0. The predicted octanol–water partition coefficient (Wildman–Crippen LogP) is 1.93. The molecule has 0 saturated heterocycles. The van der Waals surface area contributed by atoms with E-state index in [2.05, 4.69) is 0 Å². The van der Waals surface area contributed by atoms with Gasteiger partial charge in [0, 0.05) is 5.92 Å². The zero-order valence-electron chi connectivity index (χ0n) is 8.29. The highest BCUT2D eigenvalue weighted by atomic mass is 16.3. The van der Waals surface area contributed by atoms with Gasteiger partial charge in [-0.2, -0.15) is 0 Å². The maximum atomic E-state index is 11.0. The van der Waals surface area contributed by atoms with Gasteiger partial charge in [0.25, 0.3) is 0 Å². The molecule has 0 fully saturated rings. The van der Waals surface area contributed by atoms with E-state index in [0.717, 1.165) is 0 Å². The molecule has 0 aromatic heterocycles.